The number of β-amino-alcohol motifs (C(OH)–C–C–N with tert-alkyl or cyclic N) is 1. The zero-order valence-electron chi connectivity index (χ0n) is 10.4. The third kappa shape index (κ3) is 5.05. The fourth-order valence-electron chi connectivity index (χ4n) is 1.19. The third-order valence-electron chi connectivity index (χ3n) is 2.11. The predicted molar refractivity (Wildman–Crippen MR) is 67.9 cm³/mol. The average molecular weight is 243 g/mol. The normalized spacial score (nSPS) is 14.1. The lowest BCUT2D eigenvalue weighted by atomic mass is 10.1. The zero-order valence-corrected chi connectivity index (χ0v) is 11.2. The molecule has 0 fully saturated rings. The van der Waals surface area contributed by atoms with Gasteiger partial charge in [0.15, 0.2) is 0 Å². The van der Waals surface area contributed by atoms with Gasteiger partial charge in [-0.25, -0.2) is 0 Å². The SMILES string of the molecule is Cc1occc1SCC(O)CNC(C)(C)C. The van der Waals surface area contributed by atoms with Crippen molar-refractivity contribution < 1.29 is 9.52 Å². The lowest BCUT2D eigenvalue weighted by Crippen LogP contribution is -2.41. The van der Waals surface area contributed by atoms with Crippen molar-refractivity contribution in [2.24, 2.45) is 0 Å². The van der Waals surface area contributed by atoms with E-state index in [1.165, 1.54) is 0 Å². The number of aliphatic hydroxyl groups is 1. The van der Waals surface area contributed by atoms with Crippen molar-refractivity contribution in [3.63, 3.8) is 0 Å². The Balaban J connectivity index is 2.25. The number of aryl methyl sites for hydroxylation is 1. The molecule has 16 heavy (non-hydrogen) atoms. The van der Waals surface area contributed by atoms with Gasteiger partial charge in [0.05, 0.1) is 12.4 Å². The van der Waals surface area contributed by atoms with Gasteiger partial charge >= 0.3 is 0 Å². The predicted octanol–water partition coefficient (Wildman–Crippen LogP) is 2.43. The van der Waals surface area contributed by atoms with Crippen molar-refractivity contribution in [2.45, 2.75) is 44.2 Å². The molecule has 0 aliphatic heterocycles. The number of hydrogen-bond acceptors (Lipinski definition) is 4. The molecule has 1 heterocycles. The molecule has 3 nitrogen and oxygen atoms in total. The molecule has 0 radical (unpaired) electrons. The van der Waals surface area contributed by atoms with Crippen molar-refractivity contribution in [1.82, 2.24) is 5.32 Å². The Bertz CT molecular complexity index is 317. The lowest BCUT2D eigenvalue weighted by Gasteiger charge is -2.22. The first-order valence-electron chi connectivity index (χ1n) is 5.48. The number of aliphatic hydroxyl groups excluding tert-OH is 1. The summed E-state index contributed by atoms with van der Waals surface area (Å²) in [6.45, 7) is 8.82. The zero-order chi connectivity index (χ0) is 12.2. The highest BCUT2D eigenvalue weighted by molar-refractivity contribution is 7.99. The Morgan fingerprint density at radius 1 is 1.50 bits per heavy atom. The molecular weight excluding hydrogens is 222 g/mol. The maximum absolute atomic E-state index is 9.79. The van der Waals surface area contributed by atoms with Crippen molar-refractivity contribution in [3.05, 3.63) is 18.1 Å². The van der Waals surface area contributed by atoms with Crippen molar-refractivity contribution >= 4 is 11.8 Å². The van der Waals surface area contributed by atoms with Crippen LogP contribution in [0.3, 0.4) is 0 Å². The molecule has 0 aromatic carbocycles. The fraction of sp³-hybridized carbons (Fsp3) is 0.667. The van der Waals surface area contributed by atoms with Crippen LogP contribution in [0.4, 0.5) is 0 Å². The summed E-state index contributed by atoms with van der Waals surface area (Å²) in [5, 5.41) is 13.1. The highest BCUT2D eigenvalue weighted by Gasteiger charge is 2.13. The monoisotopic (exact) mass is 243 g/mol. The molecule has 0 bridgehead atoms. The summed E-state index contributed by atoms with van der Waals surface area (Å²) in [5.74, 6) is 1.60. The van der Waals surface area contributed by atoms with E-state index >= 15 is 0 Å². The van der Waals surface area contributed by atoms with Gasteiger partial charge in [0.2, 0.25) is 0 Å². The number of furan rings is 1. The lowest BCUT2D eigenvalue weighted by molar-refractivity contribution is 0.183. The van der Waals surface area contributed by atoms with Crippen molar-refractivity contribution in [2.75, 3.05) is 12.3 Å². The van der Waals surface area contributed by atoms with Crippen LogP contribution < -0.4 is 5.32 Å². The van der Waals surface area contributed by atoms with Gasteiger partial charge in [-0.2, -0.15) is 0 Å². The molecule has 4 heteroatoms. The Kier molecular flexibility index (Phi) is 4.89. The van der Waals surface area contributed by atoms with E-state index in [-0.39, 0.29) is 11.6 Å². The first-order chi connectivity index (χ1) is 7.38. The van der Waals surface area contributed by atoms with Gasteiger partial charge in [-0.05, 0) is 33.8 Å². The van der Waals surface area contributed by atoms with Gasteiger partial charge in [-0.1, -0.05) is 0 Å². The molecule has 1 aromatic heterocycles. The molecule has 0 aliphatic carbocycles. The van der Waals surface area contributed by atoms with Crippen LogP contribution in [-0.2, 0) is 0 Å². The summed E-state index contributed by atoms with van der Waals surface area (Å²) in [5.41, 5.74) is 0.0528. The molecule has 1 atom stereocenters. The smallest absolute Gasteiger partial charge is 0.114 e. The highest BCUT2D eigenvalue weighted by atomic mass is 32.2. The summed E-state index contributed by atoms with van der Waals surface area (Å²) >= 11 is 1.63. The largest absolute Gasteiger partial charge is 0.468 e. The Hall–Kier alpha value is -0.450. The standard InChI is InChI=1S/C12H21NO2S/c1-9-11(5-6-15-9)16-8-10(14)7-13-12(2,3)4/h5-6,10,13-14H,7-8H2,1-4H3. The van der Waals surface area contributed by atoms with E-state index < -0.39 is 0 Å². The van der Waals surface area contributed by atoms with E-state index in [1.807, 2.05) is 13.0 Å². The Labute approximate surface area is 102 Å². The number of hydrogen-bond donors (Lipinski definition) is 2. The summed E-state index contributed by atoms with van der Waals surface area (Å²) in [7, 11) is 0. The molecule has 2 N–H and O–H groups in total. The molecule has 0 amide bonds. The van der Waals surface area contributed by atoms with Crippen LogP contribution in [0.15, 0.2) is 21.6 Å². The minimum Gasteiger partial charge on any atom is -0.468 e. The van der Waals surface area contributed by atoms with Crippen LogP contribution in [0.1, 0.15) is 26.5 Å². The first-order valence-corrected chi connectivity index (χ1v) is 6.47. The molecule has 0 saturated heterocycles. The van der Waals surface area contributed by atoms with Crippen molar-refractivity contribution in [1.29, 1.82) is 0 Å². The molecule has 0 aliphatic rings. The highest BCUT2D eigenvalue weighted by Crippen LogP contribution is 2.23. The third-order valence-corrected chi connectivity index (χ3v) is 3.40. The second-order valence-electron chi connectivity index (χ2n) is 4.94. The van der Waals surface area contributed by atoms with Gasteiger partial charge < -0.3 is 14.8 Å². The maximum Gasteiger partial charge on any atom is 0.114 e. The van der Waals surface area contributed by atoms with Crippen LogP contribution in [0, 0.1) is 6.92 Å². The van der Waals surface area contributed by atoms with Crippen LogP contribution in [0.5, 0.6) is 0 Å². The van der Waals surface area contributed by atoms with Gasteiger partial charge in [0, 0.05) is 22.7 Å². The van der Waals surface area contributed by atoms with Crippen molar-refractivity contribution in [3.8, 4) is 0 Å². The van der Waals surface area contributed by atoms with Gasteiger partial charge in [-0.3, -0.25) is 0 Å². The number of rotatable bonds is 5. The Morgan fingerprint density at radius 2 is 2.19 bits per heavy atom. The van der Waals surface area contributed by atoms with Crippen LogP contribution in [-0.4, -0.2) is 29.0 Å². The topological polar surface area (TPSA) is 45.4 Å². The molecule has 0 saturated carbocycles. The van der Waals surface area contributed by atoms with Gasteiger partial charge in [0.25, 0.3) is 0 Å². The quantitative estimate of drug-likeness (QED) is 0.780. The van der Waals surface area contributed by atoms with Gasteiger partial charge in [0.1, 0.15) is 5.76 Å². The molecule has 0 spiro atoms. The van der Waals surface area contributed by atoms with E-state index in [4.69, 9.17) is 4.42 Å². The van der Waals surface area contributed by atoms with E-state index in [0.29, 0.717) is 12.3 Å². The van der Waals surface area contributed by atoms with Crippen LogP contribution in [0.25, 0.3) is 0 Å². The Morgan fingerprint density at radius 3 is 2.69 bits per heavy atom. The van der Waals surface area contributed by atoms with E-state index in [1.54, 1.807) is 18.0 Å². The van der Waals surface area contributed by atoms with Crippen LogP contribution in [0.2, 0.25) is 0 Å². The summed E-state index contributed by atoms with van der Waals surface area (Å²) < 4.78 is 5.19. The summed E-state index contributed by atoms with van der Waals surface area (Å²) in [4.78, 5) is 1.11. The molecular formula is C12H21NO2S. The molecule has 92 valence electrons. The van der Waals surface area contributed by atoms with E-state index in [9.17, 15) is 5.11 Å². The number of nitrogens with one attached hydrogen (secondary N) is 1. The van der Waals surface area contributed by atoms with Gasteiger partial charge in [-0.15, -0.1) is 11.8 Å². The number of thioether (sulfide) groups is 1. The molecule has 1 unspecified atom stereocenters. The first kappa shape index (κ1) is 13.6. The second kappa shape index (κ2) is 5.75. The van der Waals surface area contributed by atoms with Crippen LogP contribution >= 0.6 is 11.8 Å². The summed E-state index contributed by atoms with van der Waals surface area (Å²) in [6, 6.07) is 1.93. The second-order valence-corrected chi connectivity index (χ2v) is 6.00. The minimum atomic E-state index is -0.335. The summed E-state index contributed by atoms with van der Waals surface area (Å²) in [6.07, 6.45) is 1.34. The molecule has 1 rings (SSSR count). The van der Waals surface area contributed by atoms with E-state index in [2.05, 4.69) is 26.1 Å². The average Bonchev–Trinajstić information content (AvgIpc) is 2.57. The minimum absolute atomic E-state index is 0.0528. The molecule has 1 aromatic rings. The maximum atomic E-state index is 9.79. The van der Waals surface area contributed by atoms with E-state index in [0.717, 1.165) is 10.7 Å². The fourth-order valence-corrected chi connectivity index (χ4v) is 2.08.